The first kappa shape index (κ1) is 15.4. The van der Waals surface area contributed by atoms with Crippen LogP contribution in [0.5, 0.6) is 0 Å². The zero-order valence-electron chi connectivity index (χ0n) is 10.2. The number of hydrogen-bond donors (Lipinski definition) is 1. The fourth-order valence-electron chi connectivity index (χ4n) is 2.07. The molecule has 0 aliphatic carbocycles. The van der Waals surface area contributed by atoms with Crippen molar-refractivity contribution in [1.82, 2.24) is 9.80 Å². The largest absolute Gasteiger partial charge is 0.481 e. The Balaban J connectivity index is 0.00000162. The highest BCUT2D eigenvalue weighted by Crippen LogP contribution is 2.11. The van der Waals surface area contributed by atoms with Gasteiger partial charge in [0, 0.05) is 39.3 Å². The lowest BCUT2D eigenvalue weighted by Gasteiger charge is -2.34. The highest BCUT2D eigenvalue weighted by molar-refractivity contribution is 7.07. The van der Waals surface area contributed by atoms with E-state index in [2.05, 4.69) is 26.6 Å². The lowest BCUT2D eigenvalue weighted by atomic mass is 10.2. The van der Waals surface area contributed by atoms with Crippen LogP contribution in [0.25, 0.3) is 0 Å². The van der Waals surface area contributed by atoms with Crippen LogP contribution in [0.4, 0.5) is 0 Å². The Kier molecular flexibility index (Phi) is 6.63. The quantitative estimate of drug-likeness (QED) is 0.897. The van der Waals surface area contributed by atoms with Crippen molar-refractivity contribution in [3.63, 3.8) is 0 Å². The zero-order chi connectivity index (χ0) is 12.1. The summed E-state index contributed by atoms with van der Waals surface area (Å²) in [5.41, 5.74) is 1.38. The minimum Gasteiger partial charge on any atom is -0.481 e. The molecule has 1 aromatic heterocycles. The van der Waals surface area contributed by atoms with Crippen LogP contribution in [0.1, 0.15) is 12.0 Å². The van der Waals surface area contributed by atoms with Gasteiger partial charge in [-0.05, 0) is 22.4 Å². The fraction of sp³-hybridized carbons (Fsp3) is 0.583. The molecule has 2 heterocycles. The molecule has 1 saturated heterocycles. The fourth-order valence-corrected chi connectivity index (χ4v) is 2.73. The normalized spacial score (nSPS) is 17.3. The molecule has 6 heteroatoms. The molecule has 1 aliphatic rings. The minimum absolute atomic E-state index is 0. The van der Waals surface area contributed by atoms with E-state index in [9.17, 15) is 4.79 Å². The van der Waals surface area contributed by atoms with E-state index in [1.54, 1.807) is 11.3 Å². The van der Waals surface area contributed by atoms with Gasteiger partial charge in [0.15, 0.2) is 0 Å². The molecule has 18 heavy (non-hydrogen) atoms. The van der Waals surface area contributed by atoms with Crippen LogP contribution < -0.4 is 0 Å². The Bertz CT molecular complexity index is 351. The van der Waals surface area contributed by atoms with E-state index in [0.717, 1.165) is 32.7 Å². The molecule has 1 N–H and O–H groups in total. The van der Waals surface area contributed by atoms with Crippen molar-refractivity contribution in [2.24, 2.45) is 0 Å². The van der Waals surface area contributed by atoms with Gasteiger partial charge in [0.2, 0.25) is 0 Å². The summed E-state index contributed by atoms with van der Waals surface area (Å²) < 4.78 is 0. The van der Waals surface area contributed by atoms with Gasteiger partial charge in [-0.25, -0.2) is 0 Å². The number of hydrogen-bond acceptors (Lipinski definition) is 4. The molecule has 0 bridgehead atoms. The highest BCUT2D eigenvalue weighted by Gasteiger charge is 2.17. The number of thiophene rings is 1. The van der Waals surface area contributed by atoms with Gasteiger partial charge in [-0.3, -0.25) is 9.69 Å². The summed E-state index contributed by atoms with van der Waals surface area (Å²) in [6.45, 7) is 5.75. The number of carbonyl (C=O) groups is 1. The molecule has 102 valence electrons. The molecule has 2 rings (SSSR count). The maximum Gasteiger partial charge on any atom is 0.304 e. The zero-order valence-corrected chi connectivity index (χ0v) is 11.9. The Morgan fingerprint density at radius 2 is 1.94 bits per heavy atom. The average molecular weight is 291 g/mol. The van der Waals surface area contributed by atoms with Crippen molar-refractivity contribution in [3.05, 3.63) is 22.4 Å². The topological polar surface area (TPSA) is 43.8 Å². The van der Waals surface area contributed by atoms with E-state index >= 15 is 0 Å². The number of halogens is 1. The summed E-state index contributed by atoms with van der Waals surface area (Å²) in [5.74, 6) is -0.703. The first-order valence-corrected chi connectivity index (χ1v) is 6.86. The van der Waals surface area contributed by atoms with Crippen molar-refractivity contribution in [2.45, 2.75) is 13.0 Å². The van der Waals surface area contributed by atoms with Crippen LogP contribution in [0.3, 0.4) is 0 Å². The second-order valence-corrected chi connectivity index (χ2v) is 5.17. The minimum atomic E-state index is -0.703. The summed E-state index contributed by atoms with van der Waals surface area (Å²) in [7, 11) is 0. The summed E-state index contributed by atoms with van der Waals surface area (Å²) >= 11 is 1.74. The van der Waals surface area contributed by atoms with Gasteiger partial charge in [0.05, 0.1) is 6.42 Å². The molecule has 1 aromatic rings. The Labute approximate surface area is 118 Å². The molecule has 0 amide bonds. The molecule has 0 atom stereocenters. The third kappa shape index (κ3) is 4.94. The number of piperazine rings is 1. The smallest absolute Gasteiger partial charge is 0.304 e. The molecule has 0 saturated carbocycles. The SMILES string of the molecule is Cl.O=C(O)CCN1CCN(Cc2ccsc2)CC1. The van der Waals surface area contributed by atoms with Gasteiger partial charge in [0.1, 0.15) is 0 Å². The number of nitrogens with zero attached hydrogens (tertiary/aromatic N) is 2. The summed E-state index contributed by atoms with van der Waals surface area (Å²) in [4.78, 5) is 15.1. The lowest BCUT2D eigenvalue weighted by molar-refractivity contribution is -0.137. The van der Waals surface area contributed by atoms with Crippen molar-refractivity contribution in [2.75, 3.05) is 32.7 Å². The second kappa shape index (κ2) is 7.74. The Morgan fingerprint density at radius 3 is 2.50 bits per heavy atom. The molecule has 0 aromatic carbocycles. The van der Waals surface area contributed by atoms with Gasteiger partial charge in [0.25, 0.3) is 0 Å². The number of carboxylic acids is 1. The van der Waals surface area contributed by atoms with E-state index < -0.39 is 5.97 Å². The molecule has 4 nitrogen and oxygen atoms in total. The van der Waals surface area contributed by atoms with Gasteiger partial charge in [-0.2, -0.15) is 11.3 Å². The van der Waals surface area contributed by atoms with E-state index in [0.29, 0.717) is 6.54 Å². The van der Waals surface area contributed by atoms with E-state index in [1.807, 2.05) is 0 Å². The third-order valence-electron chi connectivity index (χ3n) is 3.09. The van der Waals surface area contributed by atoms with Crippen LogP contribution in [0.15, 0.2) is 16.8 Å². The number of carboxylic acid groups (broad SMARTS) is 1. The first-order chi connectivity index (χ1) is 8.24. The maximum absolute atomic E-state index is 10.5. The number of aliphatic carboxylic acids is 1. The third-order valence-corrected chi connectivity index (χ3v) is 3.83. The van der Waals surface area contributed by atoms with Gasteiger partial charge in [-0.15, -0.1) is 12.4 Å². The monoisotopic (exact) mass is 290 g/mol. The molecule has 0 spiro atoms. The maximum atomic E-state index is 10.5. The van der Waals surface area contributed by atoms with Crippen molar-refractivity contribution in [1.29, 1.82) is 0 Å². The van der Waals surface area contributed by atoms with Crippen molar-refractivity contribution >= 4 is 29.7 Å². The lowest BCUT2D eigenvalue weighted by Crippen LogP contribution is -2.46. The predicted molar refractivity (Wildman–Crippen MR) is 75.5 cm³/mol. The summed E-state index contributed by atoms with van der Waals surface area (Å²) in [6, 6.07) is 2.17. The predicted octanol–water partition coefficient (Wildman–Crippen LogP) is 1.76. The van der Waals surface area contributed by atoms with Crippen molar-refractivity contribution < 1.29 is 9.90 Å². The number of rotatable bonds is 5. The van der Waals surface area contributed by atoms with Crippen LogP contribution in [0, 0.1) is 0 Å². The van der Waals surface area contributed by atoms with Gasteiger partial charge < -0.3 is 10.0 Å². The molecule has 1 aliphatic heterocycles. The van der Waals surface area contributed by atoms with Crippen LogP contribution in [-0.4, -0.2) is 53.6 Å². The van der Waals surface area contributed by atoms with Crippen molar-refractivity contribution in [3.8, 4) is 0 Å². The highest BCUT2D eigenvalue weighted by atomic mass is 35.5. The molecule has 0 radical (unpaired) electrons. The van der Waals surface area contributed by atoms with Gasteiger partial charge in [-0.1, -0.05) is 0 Å². The molecular formula is C12H19ClN2O2S. The Morgan fingerprint density at radius 1 is 1.28 bits per heavy atom. The summed E-state index contributed by atoms with van der Waals surface area (Å²) in [5, 5.41) is 12.9. The summed E-state index contributed by atoms with van der Waals surface area (Å²) in [6.07, 6.45) is 0.254. The second-order valence-electron chi connectivity index (χ2n) is 4.39. The average Bonchev–Trinajstić information content (AvgIpc) is 2.81. The van der Waals surface area contributed by atoms with E-state index in [1.165, 1.54) is 5.56 Å². The molecular weight excluding hydrogens is 272 g/mol. The Hall–Kier alpha value is -0.620. The molecule has 0 unspecified atom stereocenters. The van der Waals surface area contributed by atoms with Crippen LogP contribution in [-0.2, 0) is 11.3 Å². The molecule has 1 fully saturated rings. The van der Waals surface area contributed by atoms with Crippen LogP contribution >= 0.6 is 23.7 Å². The van der Waals surface area contributed by atoms with E-state index in [-0.39, 0.29) is 18.8 Å². The first-order valence-electron chi connectivity index (χ1n) is 5.91. The van der Waals surface area contributed by atoms with Crippen LogP contribution in [0.2, 0.25) is 0 Å². The standard InChI is InChI=1S/C12H18N2O2S.ClH/c15-12(16)1-3-13-4-6-14(7-5-13)9-11-2-8-17-10-11;/h2,8,10H,1,3-7,9H2,(H,15,16);1H. The van der Waals surface area contributed by atoms with E-state index in [4.69, 9.17) is 5.11 Å². The van der Waals surface area contributed by atoms with Gasteiger partial charge >= 0.3 is 5.97 Å².